The van der Waals surface area contributed by atoms with Gasteiger partial charge < -0.3 is 19.1 Å². The fraction of sp³-hybridized carbons (Fsp3) is 0.182. The zero-order valence-electron chi connectivity index (χ0n) is 16.2. The third-order valence-corrected chi connectivity index (χ3v) is 6.41. The van der Waals surface area contributed by atoms with Crippen LogP contribution >= 0.6 is 11.8 Å². The fourth-order valence-corrected chi connectivity index (χ4v) is 4.98. The van der Waals surface area contributed by atoms with Gasteiger partial charge in [0.15, 0.2) is 0 Å². The number of esters is 2. The number of hydrogen-bond acceptors (Lipinski definition) is 7. The third kappa shape index (κ3) is 2.98. The number of nitrogens with zero attached hydrogens (tertiary/aromatic N) is 1. The average Bonchev–Trinajstić information content (AvgIpc) is 3.04. The van der Waals surface area contributed by atoms with Crippen LogP contribution in [0.1, 0.15) is 5.56 Å². The first-order chi connectivity index (χ1) is 14.0. The van der Waals surface area contributed by atoms with Crippen LogP contribution in [0.5, 0.6) is 0 Å². The Bertz CT molecular complexity index is 1050. The summed E-state index contributed by atoms with van der Waals surface area (Å²) in [5, 5.41) is 0. The summed E-state index contributed by atoms with van der Waals surface area (Å²) in [6, 6.07) is 17.2. The molecule has 0 unspecified atom stereocenters. The molecule has 0 bridgehead atoms. The molecule has 0 saturated carbocycles. The number of fused-ring (bicyclic) bond motifs is 1. The minimum absolute atomic E-state index is 0.0928. The van der Waals surface area contributed by atoms with Crippen molar-refractivity contribution in [2.75, 3.05) is 26.2 Å². The largest absolute Gasteiger partial charge is 0.465 e. The van der Waals surface area contributed by atoms with Crippen molar-refractivity contribution in [3.8, 4) is 0 Å². The third-order valence-electron chi connectivity index (χ3n) is 4.93. The summed E-state index contributed by atoms with van der Waals surface area (Å²) < 4.78 is 15.9. The molecular formula is C22H19NO5S. The molecular weight excluding hydrogens is 390 g/mol. The van der Waals surface area contributed by atoms with Gasteiger partial charge in [-0.2, -0.15) is 0 Å². The molecule has 2 aromatic rings. The molecule has 1 spiro atoms. The predicted molar refractivity (Wildman–Crippen MR) is 110 cm³/mol. The number of thioether (sulfide) groups is 1. The van der Waals surface area contributed by atoms with Crippen LogP contribution in [0, 0.1) is 0 Å². The van der Waals surface area contributed by atoms with Crippen LogP contribution < -0.4 is 4.90 Å². The molecule has 0 aliphatic carbocycles. The standard InChI is InChI=1S/C22H19NO5S/c1-23-15-11-7-8-12-17(15)29-22(23)13-16(14-9-5-4-6-10-14)28-19(21(25)27-3)18(22)20(24)26-2/h4-13H,1-3H3/t22-/m0/s1. The van der Waals surface area contributed by atoms with Crippen molar-refractivity contribution < 1.29 is 23.8 Å². The predicted octanol–water partition coefficient (Wildman–Crippen LogP) is 3.60. The number of carbonyl (C=O) groups excluding carboxylic acids is 2. The van der Waals surface area contributed by atoms with Gasteiger partial charge in [-0.05, 0) is 12.1 Å². The lowest BCUT2D eigenvalue weighted by Gasteiger charge is -2.38. The number of carbonyl (C=O) groups is 2. The quantitative estimate of drug-likeness (QED) is 0.718. The lowest BCUT2D eigenvalue weighted by molar-refractivity contribution is -0.142. The van der Waals surface area contributed by atoms with E-state index in [0.717, 1.165) is 16.1 Å². The SMILES string of the molecule is COC(=O)C1=C(C(=O)OC)[C@]2(C=C(c3ccccc3)O1)Sc1ccccc1N2C. The molecule has 6 nitrogen and oxygen atoms in total. The van der Waals surface area contributed by atoms with Crippen molar-refractivity contribution in [1.82, 2.24) is 0 Å². The summed E-state index contributed by atoms with van der Waals surface area (Å²) >= 11 is 1.45. The number of likely N-dealkylation sites (N-methyl/N-ethyl adjacent to an activating group) is 1. The second kappa shape index (κ2) is 7.33. The number of anilines is 1. The Morgan fingerprint density at radius 1 is 0.966 bits per heavy atom. The maximum Gasteiger partial charge on any atom is 0.374 e. The molecule has 1 atom stereocenters. The van der Waals surface area contributed by atoms with Crippen molar-refractivity contribution >= 4 is 35.1 Å². The first-order valence-electron chi connectivity index (χ1n) is 8.91. The minimum Gasteiger partial charge on any atom is -0.465 e. The number of ether oxygens (including phenoxy) is 3. The number of para-hydroxylation sites is 1. The van der Waals surface area contributed by atoms with Gasteiger partial charge in [-0.15, -0.1) is 0 Å². The zero-order chi connectivity index (χ0) is 20.6. The number of benzene rings is 2. The van der Waals surface area contributed by atoms with Crippen LogP contribution in [0.15, 0.2) is 76.9 Å². The molecule has 0 radical (unpaired) electrons. The van der Waals surface area contributed by atoms with E-state index in [0.29, 0.717) is 5.76 Å². The van der Waals surface area contributed by atoms with Crippen LogP contribution in [-0.4, -0.2) is 38.1 Å². The van der Waals surface area contributed by atoms with Gasteiger partial charge in [0.25, 0.3) is 0 Å². The molecule has 0 fully saturated rings. The van der Waals surface area contributed by atoms with E-state index < -0.39 is 16.8 Å². The molecule has 2 aliphatic rings. The molecule has 29 heavy (non-hydrogen) atoms. The summed E-state index contributed by atoms with van der Waals surface area (Å²) in [7, 11) is 4.41. The van der Waals surface area contributed by atoms with Gasteiger partial charge in [-0.25, -0.2) is 9.59 Å². The van der Waals surface area contributed by atoms with Crippen LogP contribution in [-0.2, 0) is 23.8 Å². The highest BCUT2D eigenvalue weighted by Crippen LogP contribution is 2.56. The van der Waals surface area contributed by atoms with E-state index in [-0.39, 0.29) is 11.3 Å². The van der Waals surface area contributed by atoms with Gasteiger partial charge in [0.2, 0.25) is 5.76 Å². The van der Waals surface area contributed by atoms with E-state index in [4.69, 9.17) is 14.2 Å². The Labute approximate surface area is 172 Å². The smallest absolute Gasteiger partial charge is 0.374 e. The number of hydrogen-bond donors (Lipinski definition) is 0. The van der Waals surface area contributed by atoms with Crippen LogP contribution in [0.25, 0.3) is 5.76 Å². The van der Waals surface area contributed by atoms with E-state index in [1.165, 1.54) is 26.0 Å². The zero-order valence-corrected chi connectivity index (χ0v) is 17.0. The molecule has 148 valence electrons. The second-order valence-corrected chi connectivity index (χ2v) is 7.76. The highest BCUT2D eigenvalue weighted by Gasteiger charge is 2.53. The molecule has 0 amide bonds. The molecule has 0 N–H and O–H groups in total. The Hall–Kier alpha value is -3.19. The van der Waals surface area contributed by atoms with Crippen molar-refractivity contribution in [3.05, 3.63) is 77.6 Å². The van der Waals surface area contributed by atoms with Gasteiger partial charge in [0.1, 0.15) is 16.2 Å². The molecule has 4 rings (SSSR count). The van der Waals surface area contributed by atoms with E-state index in [1.807, 2.05) is 72.6 Å². The summed E-state index contributed by atoms with van der Waals surface area (Å²) in [6.45, 7) is 0. The van der Waals surface area contributed by atoms with Crippen molar-refractivity contribution in [3.63, 3.8) is 0 Å². The van der Waals surface area contributed by atoms with Gasteiger partial charge in [0.05, 0.1) is 19.9 Å². The topological polar surface area (TPSA) is 65.1 Å². The van der Waals surface area contributed by atoms with Crippen molar-refractivity contribution in [1.29, 1.82) is 0 Å². The van der Waals surface area contributed by atoms with Gasteiger partial charge >= 0.3 is 11.9 Å². The first-order valence-corrected chi connectivity index (χ1v) is 9.73. The summed E-state index contributed by atoms with van der Waals surface area (Å²) in [4.78, 5) is 27.4. The van der Waals surface area contributed by atoms with Gasteiger partial charge in [-0.3, -0.25) is 0 Å². The van der Waals surface area contributed by atoms with Crippen molar-refractivity contribution in [2.45, 2.75) is 9.77 Å². The molecule has 2 aliphatic heterocycles. The maximum absolute atomic E-state index is 12.9. The Morgan fingerprint density at radius 3 is 2.28 bits per heavy atom. The average molecular weight is 409 g/mol. The minimum atomic E-state index is -1.02. The van der Waals surface area contributed by atoms with Gasteiger partial charge in [0, 0.05) is 23.6 Å². The van der Waals surface area contributed by atoms with E-state index >= 15 is 0 Å². The normalized spacial score (nSPS) is 20.1. The lowest BCUT2D eigenvalue weighted by atomic mass is 9.97. The fourth-order valence-electron chi connectivity index (χ4n) is 3.51. The second-order valence-electron chi connectivity index (χ2n) is 6.49. The Morgan fingerprint density at radius 2 is 1.62 bits per heavy atom. The number of methoxy groups -OCH3 is 2. The molecule has 2 heterocycles. The highest BCUT2D eigenvalue weighted by atomic mass is 32.2. The lowest BCUT2D eigenvalue weighted by Crippen LogP contribution is -2.47. The van der Waals surface area contributed by atoms with Crippen LogP contribution in [0.4, 0.5) is 5.69 Å². The summed E-state index contributed by atoms with van der Waals surface area (Å²) in [5.41, 5.74) is 1.81. The monoisotopic (exact) mass is 409 g/mol. The summed E-state index contributed by atoms with van der Waals surface area (Å²) in [5.74, 6) is -1.10. The van der Waals surface area contributed by atoms with Gasteiger partial charge in [-0.1, -0.05) is 54.2 Å². The maximum atomic E-state index is 12.9. The van der Waals surface area contributed by atoms with Crippen LogP contribution in [0.3, 0.4) is 0 Å². The molecule has 0 aromatic heterocycles. The molecule has 0 saturated heterocycles. The Kier molecular flexibility index (Phi) is 4.84. The first kappa shape index (κ1) is 19.1. The van der Waals surface area contributed by atoms with E-state index in [2.05, 4.69) is 0 Å². The van der Waals surface area contributed by atoms with E-state index in [1.54, 1.807) is 0 Å². The summed E-state index contributed by atoms with van der Waals surface area (Å²) in [6.07, 6.45) is 1.85. The van der Waals surface area contributed by atoms with E-state index in [9.17, 15) is 9.59 Å². The highest BCUT2D eigenvalue weighted by molar-refractivity contribution is 8.01. The van der Waals surface area contributed by atoms with Crippen molar-refractivity contribution in [2.24, 2.45) is 0 Å². The molecule has 2 aromatic carbocycles. The Balaban J connectivity index is 1.98. The molecule has 7 heteroatoms. The van der Waals surface area contributed by atoms with Crippen LogP contribution in [0.2, 0.25) is 0 Å². The number of rotatable bonds is 3.